The summed E-state index contributed by atoms with van der Waals surface area (Å²) < 4.78 is 3.32. The van der Waals surface area contributed by atoms with Gasteiger partial charge in [-0.25, -0.2) is 5.43 Å². The van der Waals surface area contributed by atoms with Crippen LogP contribution < -0.4 is 5.43 Å². The number of hydrogen-bond donors (Lipinski definition) is 2. The van der Waals surface area contributed by atoms with Crippen molar-refractivity contribution in [2.45, 2.75) is 14.4 Å². The Morgan fingerprint density at radius 1 is 1.17 bits per heavy atom. The molecule has 0 spiro atoms. The summed E-state index contributed by atoms with van der Waals surface area (Å²) in [6.45, 7) is 0. The van der Waals surface area contributed by atoms with Crippen molar-refractivity contribution in [3.8, 4) is 5.75 Å². The largest absolute Gasteiger partial charge is 0.506 e. The van der Waals surface area contributed by atoms with Gasteiger partial charge in [0.05, 0.1) is 15.5 Å². The fourth-order valence-corrected chi connectivity index (χ4v) is 6.71. The lowest BCUT2D eigenvalue weighted by molar-refractivity contribution is -0.118. The number of thioether (sulfide) groups is 2. The van der Waals surface area contributed by atoms with Crippen LogP contribution in [-0.4, -0.2) is 33.2 Å². The number of amides is 1. The van der Waals surface area contributed by atoms with Gasteiger partial charge < -0.3 is 5.11 Å². The first-order chi connectivity index (χ1) is 14.0. The molecule has 6 nitrogen and oxygen atoms in total. The topological polar surface area (TPSA) is 87.5 Å². The lowest BCUT2D eigenvalue weighted by Crippen LogP contribution is -2.19. The molecule has 0 unspecified atom stereocenters. The molecule has 150 valence electrons. The number of nitrogens with one attached hydrogen (secondary N) is 1. The molecular formula is C18H14I2N4O2S3. The molecule has 2 aromatic carbocycles. The highest BCUT2D eigenvalue weighted by Gasteiger charge is 2.09. The molecule has 0 saturated carbocycles. The lowest BCUT2D eigenvalue weighted by Gasteiger charge is -2.03. The molecule has 29 heavy (non-hydrogen) atoms. The number of halogens is 2. The predicted octanol–water partition coefficient (Wildman–Crippen LogP) is 4.99. The number of carbonyl (C=O) groups excluding carboxylic acids is 1. The van der Waals surface area contributed by atoms with Gasteiger partial charge in [-0.2, -0.15) is 5.10 Å². The van der Waals surface area contributed by atoms with E-state index in [-0.39, 0.29) is 17.4 Å². The van der Waals surface area contributed by atoms with E-state index >= 15 is 0 Å². The second kappa shape index (κ2) is 11.5. The summed E-state index contributed by atoms with van der Waals surface area (Å²) in [5.41, 5.74) is 4.25. The number of benzene rings is 2. The third kappa shape index (κ3) is 7.38. The van der Waals surface area contributed by atoms with Gasteiger partial charge in [0.2, 0.25) is 0 Å². The van der Waals surface area contributed by atoms with E-state index < -0.39 is 0 Å². The summed E-state index contributed by atoms with van der Waals surface area (Å²) in [6.07, 6.45) is 1.44. The molecule has 1 aromatic heterocycles. The number of nitrogens with zero attached hydrogens (tertiary/aromatic N) is 3. The van der Waals surface area contributed by atoms with Crippen molar-refractivity contribution in [1.82, 2.24) is 15.6 Å². The van der Waals surface area contributed by atoms with Crippen LogP contribution in [-0.2, 0) is 10.5 Å². The minimum atomic E-state index is -0.250. The Hall–Kier alpha value is -0.900. The molecule has 0 aliphatic rings. The zero-order valence-corrected chi connectivity index (χ0v) is 21.5. The first-order valence-electron chi connectivity index (χ1n) is 8.14. The van der Waals surface area contributed by atoms with Crippen LogP contribution in [0.2, 0.25) is 0 Å². The molecule has 1 heterocycles. The Balaban J connectivity index is 1.44. The number of hydrogen-bond acceptors (Lipinski definition) is 8. The van der Waals surface area contributed by atoms with Crippen molar-refractivity contribution in [1.29, 1.82) is 0 Å². The molecule has 0 saturated heterocycles. The number of aromatic nitrogens is 2. The molecule has 11 heteroatoms. The normalized spacial score (nSPS) is 11.1. The second-order valence-corrected chi connectivity index (χ2v) is 11.3. The molecule has 1 amide bonds. The monoisotopic (exact) mass is 668 g/mol. The average molecular weight is 668 g/mol. The Bertz CT molecular complexity index is 1020. The summed E-state index contributed by atoms with van der Waals surface area (Å²) in [4.78, 5) is 12.0. The first kappa shape index (κ1) is 22.8. The fourth-order valence-electron chi connectivity index (χ4n) is 2.05. The molecule has 0 fully saturated rings. The maximum atomic E-state index is 12.0. The molecule has 0 atom stereocenters. The van der Waals surface area contributed by atoms with Crippen LogP contribution in [0.25, 0.3) is 0 Å². The summed E-state index contributed by atoms with van der Waals surface area (Å²) in [6, 6.07) is 13.8. The molecule has 0 bridgehead atoms. The summed E-state index contributed by atoms with van der Waals surface area (Å²) >= 11 is 8.63. The SMILES string of the molecule is O=C(CSc1nnc(SCc2ccccc2)s1)N/N=C\c1cc(I)cc(I)c1O. The van der Waals surface area contributed by atoms with Gasteiger partial charge in [-0.3, -0.25) is 4.79 Å². The van der Waals surface area contributed by atoms with Crippen molar-refractivity contribution in [2.75, 3.05) is 5.75 Å². The Morgan fingerprint density at radius 3 is 2.66 bits per heavy atom. The van der Waals surface area contributed by atoms with E-state index in [0.717, 1.165) is 21.6 Å². The summed E-state index contributed by atoms with van der Waals surface area (Å²) in [5.74, 6) is 0.914. The maximum Gasteiger partial charge on any atom is 0.250 e. The summed E-state index contributed by atoms with van der Waals surface area (Å²) in [5, 5.41) is 22.2. The molecule has 3 aromatic rings. The highest BCUT2D eigenvalue weighted by atomic mass is 127. The average Bonchev–Trinajstić information content (AvgIpc) is 3.17. The van der Waals surface area contributed by atoms with E-state index in [4.69, 9.17) is 0 Å². The highest BCUT2D eigenvalue weighted by molar-refractivity contribution is 14.1. The molecule has 2 N–H and O–H groups in total. The number of rotatable bonds is 8. The molecule has 0 aliphatic heterocycles. The molecule has 0 aliphatic carbocycles. The molecule has 0 radical (unpaired) electrons. The van der Waals surface area contributed by atoms with Crippen molar-refractivity contribution in [2.24, 2.45) is 5.10 Å². The minimum absolute atomic E-state index is 0.146. The number of hydrazone groups is 1. The number of phenolic OH excluding ortho intramolecular Hbond substituents is 1. The number of phenols is 1. The second-order valence-electron chi connectivity index (χ2n) is 5.52. The smallest absolute Gasteiger partial charge is 0.250 e. The van der Waals surface area contributed by atoms with E-state index in [1.54, 1.807) is 17.8 Å². The number of aromatic hydroxyl groups is 1. The summed E-state index contributed by atoms with van der Waals surface area (Å²) in [7, 11) is 0. The van der Waals surface area contributed by atoms with Crippen LogP contribution in [0, 0.1) is 7.14 Å². The van der Waals surface area contributed by atoms with Crippen molar-refractivity contribution < 1.29 is 9.90 Å². The van der Waals surface area contributed by atoms with E-state index in [2.05, 4.69) is 78.0 Å². The van der Waals surface area contributed by atoms with Crippen LogP contribution in [0.15, 0.2) is 56.2 Å². The highest BCUT2D eigenvalue weighted by Crippen LogP contribution is 2.30. The fraction of sp³-hybridized carbons (Fsp3) is 0.111. The first-order valence-corrected chi connectivity index (χ1v) is 13.1. The third-order valence-electron chi connectivity index (χ3n) is 3.37. The predicted molar refractivity (Wildman–Crippen MR) is 136 cm³/mol. The van der Waals surface area contributed by atoms with Gasteiger partial charge >= 0.3 is 0 Å². The molecular weight excluding hydrogens is 654 g/mol. The Kier molecular flexibility index (Phi) is 9.02. The van der Waals surface area contributed by atoms with Gasteiger partial charge in [0.15, 0.2) is 8.68 Å². The van der Waals surface area contributed by atoms with Gasteiger partial charge in [0.1, 0.15) is 5.75 Å². The van der Waals surface area contributed by atoms with Crippen LogP contribution in [0.4, 0.5) is 0 Å². The zero-order chi connectivity index (χ0) is 20.6. The van der Waals surface area contributed by atoms with E-state index in [1.165, 1.54) is 34.9 Å². The quantitative estimate of drug-likeness (QED) is 0.152. The van der Waals surface area contributed by atoms with Crippen LogP contribution in [0.5, 0.6) is 5.75 Å². The van der Waals surface area contributed by atoms with Gasteiger partial charge in [0.25, 0.3) is 5.91 Å². The van der Waals surface area contributed by atoms with Crippen LogP contribution in [0.3, 0.4) is 0 Å². The Labute approximate surface area is 207 Å². The van der Waals surface area contributed by atoms with Gasteiger partial charge in [-0.15, -0.1) is 10.2 Å². The molecule has 3 rings (SSSR count). The van der Waals surface area contributed by atoms with Crippen molar-refractivity contribution in [3.05, 3.63) is 60.7 Å². The third-order valence-corrected chi connectivity index (χ3v) is 8.08. The van der Waals surface area contributed by atoms with E-state index in [1.807, 2.05) is 24.3 Å². The van der Waals surface area contributed by atoms with Gasteiger partial charge in [-0.05, 0) is 62.9 Å². The van der Waals surface area contributed by atoms with E-state index in [0.29, 0.717) is 5.56 Å². The van der Waals surface area contributed by atoms with Crippen LogP contribution in [0.1, 0.15) is 11.1 Å². The maximum absolute atomic E-state index is 12.0. The number of carbonyl (C=O) groups is 1. The standard InChI is InChI=1S/C18H14I2N4O2S3/c19-13-6-12(16(26)14(20)7-13)8-21-22-15(25)10-28-18-24-23-17(29-18)27-9-11-4-2-1-3-5-11/h1-8,26H,9-10H2,(H,22,25)/b21-8-. The van der Waals surface area contributed by atoms with Gasteiger partial charge in [-0.1, -0.05) is 65.2 Å². The van der Waals surface area contributed by atoms with E-state index in [9.17, 15) is 9.90 Å². The van der Waals surface area contributed by atoms with Crippen molar-refractivity contribution >= 4 is 92.2 Å². The zero-order valence-electron chi connectivity index (χ0n) is 14.7. The minimum Gasteiger partial charge on any atom is -0.506 e. The lowest BCUT2D eigenvalue weighted by atomic mass is 10.2. The van der Waals surface area contributed by atoms with Gasteiger partial charge in [0, 0.05) is 14.9 Å². The van der Waals surface area contributed by atoms with Crippen molar-refractivity contribution in [3.63, 3.8) is 0 Å². The Morgan fingerprint density at radius 2 is 1.90 bits per heavy atom. The van der Waals surface area contributed by atoms with Crippen LogP contribution >= 0.6 is 80.0 Å².